The number of nitrogens with zero attached hydrogens (tertiary/aromatic N) is 3. The van der Waals surface area contributed by atoms with Crippen LogP contribution in [0.25, 0.3) is 5.69 Å². The number of rotatable bonds is 4. The van der Waals surface area contributed by atoms with Crippen LogP contribution >= 0.6 is 0 Å². The van der Waals surface area contributed by atoms with Crippen LogP contribution in [-0.4, -0.2) is 26.5 Å². The third-order valence-electron chi connectivity index (χ3n) is 6.54. The lowest BCUT2D eigenvalue weighted by Gasteiger charge is -2.59. The Morgan fingerprint density at radius 2 is 1.82 bits per heavy atom. The van der Waals surface area contributed by atoms with E-state index in [4.69, 9.17) is 4.74 Å². The van der Waals surface area contributed by atoms with Gasteiger partial charge in [0.1, 0.15) is 6.61 Å². The van der Waals surface area contributed by atoms with Gasteiger partial charge in [-0.2, -0.15) is 0 Å². The second-order valence-corrected chi connectivity index (χ2v) is 7.64. The summed E-state index contributed by atoms with van der Waals surface area (Å²) in [5, 5.41) is 0. The lowest BCUT2D eigenvalue weighted by molar-refractivity contribution is -0.141. The van der Waals surface area contributed by atoms with Crippen LogP contribution in [0, 0.1) is 11.3 Å². The van der Waals surface area contributed by atoms with E-state index in [1.54, 1.807) is 21.5 Å². The minimum atomic E-state index is -0.333. The maximum Gasteiger partial charge on any atom is 0.352 e. The van der Waals surface area contributed by atoms with Crippen LogP contribution in [0.15, 0.2) is 63.7 Å². The lowest BCUT2D eigenvalue weighted by atomic mass is 9.50. The van der Waals surface area contributed by atoms with Crippen molar-refractivity contribution in [2.45, 2.75) is 32.4 Å². The van der Waals surface area contributed by atoms with Gasteiger partial charge in [-0.3, -0.25) is 4.79 Å². The molecule has 4 atom stereocenters. The van der Waals surface area contributed by atoms with Crippen LogP contribution in [0.1, 0.15) is 32.4 Å². The molecule has 0 spiro atoms. The molecule has 4 aliphatic rings. The molecule has 0 amide bonds. The summed E-state index contributed by atoms with van der Waals surface area (Å²) in [5.41, 5.74) is 0.654. The Morgan fingerprint density at radius 1 is 1.11 bits per heavy atom. The van der Waals surface area contributed by atoms with Gasteiger partial charge in [-0.1, -0.05) is 43.4 Å². The summed E-state index contributed by atoms with van der Waals surface area (Å²) in [7, 11) is 0. The molecule has 1 aromatic carbocycles. The van der Waals surface area contributed by atoms with E-state index in [2.05, 4.69) is 13.0 Å². The van der Waals surface area contributed by atoms with Crippen molar-refractivity contribution in [3.8, 4) is 5.69 Å². The number of hydrogen-bond acceptors (Lipinski definition) is 4. The fourth-order valence-electron chi connectivity index (χ4n) is 5.30. The van der Waals surface area contributed by atoms with Gasteiger partial charge in [-0.15, -0.1) is 0 Å². The fourth-order valence-corrected chi connectivity index (χ4v) is 5.30. The van der Waals surface area contributed by atoms with Crippen LogP contribution in [0.4, 0.5) is 0 Å². The minimum absolute atomic E-state index is 0.113. The quantitative estimate of drug-likeness (QED) is 0.601. The van der Waals surface area contributed by atoms with E-state index in [1.165, 1.54) is 11.5 Å². The van der Waals surface area contributed by atoms with Gasteiger partial charge >= 0.3 is 17.3 Å². The van der Waals surface area contributed by atoms with Gasteiger partial charge in [-0.25, -0.2) is 23.5 Å². The summed E-state index contributed by atoms with van der Waals surface area (Å²) in [6, 6.07) is 8.52. The maximum atomic E-state index is 13.3. The summed E-state index contributed by atoms with van der Waals surface area (Å²) >= 11 is 0. The Hall–Kier alpha value is -3.09. The number of para-hydroxylation sites is 1. The summed E-state index contributed by atoms with van der Waals surface area (Å²) in [6.45, 7) is 3.71. The van der Waals surface area contributed by atoms with E-state index >= 15 is 0 Å². The molecule has 0 radical (unpaired) electrons. The first-order chi connectivity index (χ1) is 13.5. The van der Waals surface area contributed by atoms with E-state index in [-0.39, 0.29) is 47.4 Å². The molecule has 0 saturated heterocycles. The second-order valence-electron chi connectivity index (χ2n) is 7.64. The van der Waals surface area contributed by atoms with Crippen molar-refractivity contribution in [3.63, 3.8) is 0 Å². The summed E-state index contributed by atoms with van der Waals surface area (Å²) < 4.78 is 9.69. The highest BCUT2D eigenvalue weighted by Crippen LogP contribution is 2.64. The molecular weight excluding hydrogens is 358 g/mol. The predicted molar refractivity (Wildman–Crippen MR) is 102 cm³/mol. The fraction of sp³-hybridized carbons (Fsp3) is 0.381. The van der Waals surface area contributed by atoms with Crippen LogP contribution in [0.2, 0.25) is 0 Å². The number of ether oxygens (including phenoxy) is 1. The highest BCUT2D eigenvalue weighted by atomic mass is 16.5. The number of benzene rings is 1. The van der Waals surface area contributed by atoms with E-state index in [1.807, 2.05) is 30.4 Å². The zero-order valence-corrected chi connectivity index (χ0v) is 15.7. The molecule has 144 valence electrons. The number of carbonyl (C=O) groups is 1. The third-order valence-corrected chi connectivity index (χ3v) is 6.54. The van der Waals surface area contributed by atoms with Crippen molar-refractivity contribution in [1.29, 1.82) is 0 Å². The van der Waals surface area contributed by atoms with Crippen molar-refractivity contribution in [3.05, 3.63) is 75.1 Å². The molecule has 6 rings (SSSR count). The summed E-state index contributed by atoms with van der Waals surface area (Å²) in [5.74, 6) is -0.210. The first kappa shape index (κ1) is 17.0. The average Bonchev–Trinajstić information content (AvgIpc) is 2.94. The average molecular weight is 379 g/mol. The molecule has 0 fully saturated rings. The van der Waals surface area contributed by atoms with Crippen molar-refractivity contribution >= 4 is 5.97 Å². The molecule has 2 aliphatic carbocycles. The highest BCUT2D eigenvalue weighted by Gasteiger charge is 2.61. The van der Waals surface area contributed by atoms with Crippen LogP contribution in [0.5, 0.6) is 0 Å². The van der Waals surface area contributed by atoms with Gasteiger partial charge in [0.15, 0.2) is 0 Å². The van der Waals surface area contributed by atoms with Gasteiger partial charge in [0.2, 0.25) is 0 Å². The van der Waals surface area contributed by atoms with Gasteiger partial charge < -0.3 is 4.74 Å². The van der Waals surface area contributed by atoms with Crippen LogP contribution in [-0.2, 0) is 9.53 Å². The van der Waals surface area contributed by atoms with Gasteiger partial charge in [0, 0.05) is 18.3 Å². The largest absolute Gasteiger partial charge is 0.461 e. The maximum absolute atomic E-state index is 13.3. The Bertz CT molecular complexity index is 1150. The van der Waals surface area contributed by atoms with Crippen LogP contribution in [0.3, 0.4) is 0 Å². The Kier molecular flexibility index (Phi) is 3.47. The second kappa shape index (κ2) is 5.70. The summed E-state index contributed by atoms with van der Waals surface area (Å²) in [6.07, 6.45) is 6.96. The van der Waals surface area contributed by atoms with E-state index in [0.29, 0.717) is 5.69 Å². The van der Waals surface area contributed by atoms with Crippen molar-refractivity contribution in [2.24, 2.45) is 11.3 Å². The monoisotopic (exact) mass is 379 g/mol. The number of hydrogen-bond donors (Lipinski definition) is 0. The van der Waals surface area contributed by atoms with E-state index < -0.39 is 0 Å². The Morgan fingerprint density at radius 3 is 2.50 bits per heavy atom. The molecule has 1 aromatic heterocycles. The molecule has 28 heavy (non-hydrogen) atoms. The van der Waals surface area contributed by atoms with Gasteiger partial charge in [0.05, 0.1) is 17.8 Å². The van der Waals surface area contributed by atoms with Crippen LogP contribution < -0.4 is 11.4 Å². The SMILES string of the molecule is CC[C@]12C(COC(C)=O)=C[C@H]1[C@H]1C=C[C@@H]2n2c(=O)n(-c3ccccc3)c(=O)n21. The molecule has 2 aromatic rings. The van der Waals surface area contributed by atoms with E-state index in [9.17, 15) is 14.4 Å². The Balaban J connectivity index is 1.67. The van der Waals surface area contributed by atoms with Crippen molar-refractivity contribution in [2.75, 3.05) is 6.61 Å². The highest BCUT2D eigenvalue weighted by molar-refractivity contribution is 5.66. The molecule has 0 saturated carbocycles. The number of carbonyl (C=O) groups excluding carboxylic acids is 1. The molecular formula is C21H21N3O4. The standard InChI is InChI=1S/C21H21N3O4/c1-3-21-14(12-28-13(2)25)11-16(21)17-9-10-18(21)24-20(27)22(19(26)23(17)24)15-7-5-4-6-8-15/h4-11,16-18H,3,12H2,1-2H3/t16-,17+,18-,21-/m0/s1. The zero-order chi connectivity index (χ0) is 19.6. The topological polar surface area (TPSA) is 75.2 Å². The van der Waals surface area contributed by atoms with E-state index in [0.717, 1.165) is 12.0 Å². The third kappa shape index (κ3) is 1.91. The van der Waals surface area contributed by atoms with Gasteiger partial charge in [0.25, 0.3) is 0 Å². The van der Waals surface area contributed by atoms with Gasteiger partial charge in [-0.05, 0) is 24.1 Å². The molecule has 3 heterocycles. The molecule has 7 heteroatoms. The predicted octanol–water partition coefficient (Wildman–Crippen LogP) is 1.98. The number of esters is 1. The molecule has 0 N–H and O–H groups in total. The first-order valence-electron chi connectivity index (χ1n) is 9.55. The Labute approximate surface area is 161 Å². The normalized spacial score (nSPS) is 28.9. The number of aromatic nitrogens is 3. The molecule has 0 unspecified atom stereocenters. The van der Waals surface area contributed by atoms with Crippen molar-refractivity contribution < 1.29 is 9.53 Å². The lowest BCUT2D eigenvalue weighted by Crippen LogP contribution is -2.59. The van der Waals surface area contributed by atoms with Crippen molar-refractivity contribution in [1.82, 2.24) is 13.9 Å². The molecule has 2 aliphatic heterocycles. The molecule has 7 nitrogen and oxygen atoms in total. The first-order valence-corrected chi connectivity index (χ1v) is 9.55. The minimum Gasteiger partial charge on any atom is -0.461 e. The zero-order valence-electron chi connectivity index (χ0n) is 15.7. The smallest absolute Gasteiger partial charge is 0.352 e. The number of allylic oxidation sites excluding steroid dienone is 3. The summed E-state index contributed by atoms with van der Waals surface area (Å²) in [4.78, 5) is 37.8. The molecule has 2 bridgehead atoms.